The predicted octanol–water partition coefficient (Wildman–Crippen LogP) is 3.17. The van der Waals surface area contributed by atoms with Crippen molar-refractivity contribution in [3.63, 3.8) is 0 Å². The van der Waals surface area contributed by atoms with E-state index in [9.17, 15) is 9.18 Å². The molecule has 2 heterocycles. The Morgan fingerprint density at radius 1 is 1.19 bits per heavy atom. The number of ether oxygens (including phenoxy) is 1. The lowest BCUT2D eigenvalue weighted by atomic mass is 10.2. The van der Waals surface area contributed by atoms with E-state index in [4.69, 9.17) is 4.74 Å². The summed E-state index contributed by atoms with van der Waals surface area (Å²) in [7, 11) is 1.45. The maximum absolute atomic E-state index is 13.9. The van der Waals surface area contributed by atoms with Crippen LogP contribution in [0.15, 0.2) is 47.4 Å². The summed E-state index contributed by atoms with van der Waals surface area (Å²) < 4.78 is 20.4. The largest absolute Gasteiger partial charge is 0.494 e. The number of nitrogens with zero attached hydrogens (tertiary/aromatic N) is 3. The Morgan fingerprint density at radius 2 is 2.00 bits per heavy atom. The first-order valence-corrected chi connectivity index (χ1v) is 8.54. The zero-order chi connectivity index (χ0) is 18.7. The van der Waals surface area contributed by atoms with Crippen LogP contribution in [0, 0.1) is 12.7 Å². The number of hydrogen-bond donors (Lipinski definition) is 0. The number of rotatable bonds is 6. The highest BCUT2D eigenvalue weighted by molar-refractivity contribution is 5.40. The summed E-state index contributed by atoms with van der Waals surface area (Å²) in [5, 5.41) is 0. The molecule has 0 aliphatic carbocycles. The number of benzene rings is 1. The topological polar surface area (TPSA) is 46.8 Å². The van der Waals surface area contributed by atoms with Gasteiger partial charge in [-0.15, -0.1) is 0 Å². The van der Waals surface area contributed by atoms with Gasteiger partial charge in [0.1, 0.15) is 5.65 Å². The number of hydrogen-bond acceptors (Lipinski definition) is 4. The third-order valence-corrected chi connectivity index (χ3v) is 4.32. The van der Waals surface area contributed by atoms with E-state index in [-0.39, 0.29) is 17.1 Å². The highest BCUT2D eigenvalue weighted by Crippen LogP contribution is 2.19. The first-order valence-electron chi connectivity index (χ1n) is 8.54. The van der Waals surface area contributed by atoms with Gasteiger partial charge in [-0.2, -0.15) is 0 Å². The molecule has 0 atom stereocenters. The zero-order valence-corrected chi connectivity index (χ0v) is 15.2. The van der Waals surface area contributed by atoms with Crippen molar-refractivity contribution in [1.29, 1.82) is 0 Å². The van der Waals surface area contributed by atoms with Crippen LogP contribution in [0.25, 0.3) is 5.65 Å². The predicted molar refractivity (Wildman–Crippen MR) is 98.9 cm³/mol. The molecule has 0 fully saturated rings. The molecule has 0 spiro atoms. The highest BCUT2D eigenvalue weighted by Gasteiger charge is 2.10. The van der Waals surface area contributed by atoms with Crippen molar-refractivity contribution >= 4 is 5.65 Å². The standard InChI is InChI=1S/C20H22FN3O2/c1-4-23(12-15-6-7-18(26-3)17(21)9-15)13-16-10-20(25)24-11-14(2)5-8-19(24)22-16/h5-11H,4,12-13H2,1-3H3. The SMILES string of the molecule is CCN(Cc1ccc(OC)c(F)c1)Cc1cc(=O)n2cc(C)ccc2n1. The summed E-state index contributed by atoms with van der Waals surface area (Å²) in [5.74, 6) is -0.144. The van der Waals surface area contributed by atoms with Gasteiger partial charge in [0.05, 0.1) is 12.8 Å². The van der Waals surface area contributed by atoms with Gasteiger partial charge in [-0.3, -0.25) is 14.1 Å². The molecule has 2 aromatic heterocycles. The summed E-state index contributed by atoms with van der Waals surface area (Å²) >= 11 is 0. The van der Waals surface area contributed by atoms with E-state index in [1.807, 2.05) is 32.0 Å². The molecule has 0 N–H and O–H groups in total. The number of halogens is 1. The van der Waals surface area contributed by atoms with Crippen LogP contribution in [0.2, 0.25) is 0 Å². The Labute approximate surface area is 151 Å². The smallest absolute Gasteiger partial charge is 0.258 e. The summed E-state index contributed by atoms with van der Waals surface area (Å²) in [6, 6.07) is 10.3. The third-order valence-electron chi connectivity index (χ3n) is 4.32. The van der Waals surface area contributed by atoms with Crippen LogP contribution in [0.1, 0.15) is 23.7 Å². The van der Waals surface area contributed by atoms with Crippen molar-refractivity contribution in [2.24, 2.45) is 0 Å². The molecule has 3 aromatic rings. The van der Waals surface area contributed by atoms with Gasteiger partial charge < -0.3 is 4.74 Å². The van der Waals surface area contributed by atoms with Crippen LogP contribution >= 0.6 is 0 Å². The van der Waals surface area contributed by atoms with Crippen molar-refractivity contribution in [3.05, 3.63) is 75.6 Å². The van der Waals surface area contributed by atoms with Gasteiger partial charge in [-0.05, 0) is 42.8 Å². The average Bonchev–Trinajstić information content (AvgIpc) is 2.62. The lowest BCUT2D eigenvalue weighted by Gasteiger charge is -2.20. The lowest BCUT2D eigenvalue weighted by Crippen LogP contribution is -2.25. The van der Waals surface area contributed by atoms with E-state index >= 15 is 0 Å². The number of fused-ring (bicyclic) bond motifs is 1. The Balaban J connectivity index is 1.82. The fourth-order valence-electron chi connectivity index (χ4n) is 2.91. The monoisotopic (exact) mass is 355 g/mol. The molecule has 0 amide bonds. The first-order chi connectivity index (χ1) is 12.5. The van der Waals surface area contributed by atoms with Crippen LogP contribution < -0.4 is 10.3 Å². The fraction of sp³-hybridized carbons (Fsp3) is 0.300. The fourth-order valence-corrected chi connectivity index (χ4v) is 2.91. The second-order valence-corrected chi connectivity index (χ2v) is 6.29. The Morgan fingerprint density at radius 3 is 2.69 bits per heavy atom. The molecule has 5 nitrogen and oxygen atoms in total. The molecular formula is C20H22FN3O2. The lowest BCUT2D eigenvalue weighted by molar-refractivity contribution is 0.267. The van der Waals surface area contributed by atoms with Crippen LogP contribution in [-0.2, 0) is 13.1 Å². The maximum Gasteiger partial charge on any atom is 0.258 e. The van der Waals surface area contributed by atoms with Crippen molar-refractivity contribution < 1.29 is 9.13 Å². The zero-order valence-electron chi connectivity index (χ0n) is 15.2. The molecule has 1 aromatic carbocycles. The minimum atomic E-state index is -0.376. The minimum absolute atomic E-state index is 0.0970. The quantitative estimate of drug-likeness (QED) is 0.681. The third kappa shape index (κ3) is 3.91. The van der Waals surface area contributed by atoms with E-state index in [1.54, 1.807) is 22.7 Å². The van der Waals surface area contributed by atoms with Crippen LogP contribution in [-0.4, -0.2) is 27.9 Å². The van der Waals surface area contributed by atoms with Gasteiger partial charge in [0, 0.05) is 25.4 Å². The van der Waals surface area contributed by atoms with E-state index < -0.39 is 0 Å². The van der Waals surface area contributed by atoms with Gasteiger partial charge in [0.25, 0.3) is 5.56 Å². The van der Waals surface area contributed by atoms with Gasteiger partial charge in [0.15, 0.2) is 11.6 Å². The molecule has 0 radical (unpaired) electrons. The van der Waals surface area contributed by atoms with Crippen LogP contribution in [0.3, 0.4) is 0 Å². The van der Waals surface area contributed by atoms with Crippen LogP contribution in [0.5, 0.6) is 5.75 Å². The second-order valence-electron chi connectivity index (χ2n) is 6.29. The summed E-state index contributed by atoms with van der Waals surface area (Å²) in [6.07, 6.45) is 1.78. The van der Waals surface area contributed by atoms with E-state index in [2.05, 4.69) is 9.88 Å². The minimum Gasteiger partial charge on any atom is -0.494 e. The summed E-state index contributed by atoms with van der Waals surface area (Å²) in [6.45, 7) is 5.79. The summed E-state index contributed by atoms with van der Waals surface area (Å²) in [5.41, 5.74) is 3.09. The normalized spacial score (nSPS) is 11.3. The Hall–Kier alpha value is -2.73. The number of methoxy groups -OCH3 is 1. The molecule has 0 saturated carbocycles. The van der Waals surface area contributed by atoms with Crippen molar-refractivity contribution in [3.8, 4) is 5.75 Å². The summed E-state index contributed by atoms with van der Waals surface area (Å²) in [4.78, 5) is 19.0. The van der Waals surface area contributed by atoms with E-state index in [0.29, 0.717) is 24.4 Å². The Bertz CT molecular complexity index is 984. The number of pyridine rings is 1. The van der Waals surface area contributed by atoms with Crippen molar-refractivity contribution in [2.45, 2.75) is 26.9 Å². The molecule has 0 aliphatic heterocycles. The molecular weight excluding hydrogens is 333 g/mol. The number of aromatic nitrogens is 2. The number of aryl methyl sites for hydroxylation is 1. The van der Waals surface area contributed by atoms with Gasteiger partial charge in [-0.1, -0.05) is 19.1 Å². The molecule has 136 valence electrons. The van der Waals surface area contributed by atoms with Crippen molar-refractivity contribution in [2.75, 3.05) is 13.7 Å². The van der Waals surface area contributed by atoms with Crippen molar-refractivity contribution in [1.82, 2.24) is 14.3 Å². The first kappa shape index (κ1) is 18.1. The molecule has 6 heteroatoms. The Kier molecular flexibility index (Phi) is 5.32. The van der Waals surface area contributed by atoms with E-state index in [0.717, 1.165) is 17.7 Å². The molecule has 26 heavy (non-hydrogen) atoms. The highest BCUT2D eigenvalue weighted by atomic mass is 19.1. The van der Waals surface area contributed by atoms with Gasteiger partial charge in [0.2, 0.25) is 0 Å². The second kappa shape index (κ2) is 7.66. The maximum atomic E-state index is 13.9. The molecule has 0 unspecified atom stereocenters. The molecule has 3 rings (SSSR count). The van der Waals surface area contributed by atoms with Gasteiger partial charge >= 0.3 is 0 Å². The molecule has 0 bridgehead atoms. The van der Waals surface area contributed by atoms with E-state index in [1.165, 1.54) is 13.2 Å². The van der Waals surface area contributed by atoms with Crippen LogP contribution in [0.4, 0.5) is 4.39 Å². The average molecular weight is 355 g/mol. The molecule has 0 saturated heterocycles. The van der Waals surface area contributed by atoms with Gasteiger partial charge in [-0.25, -0.2) is 9.37 Å². The molecule has 0 aliphatic rings.